The molecule has 0 saturated carbocycles. The maximum absolute atomic E-state index is 12.6. The molecule has 0 spiro atoms. The van der Waals surface area contributed by atoms with Gasteiger partial charge in [-0.1, -0.05) is 11.6 Å². The van der Waals surface area contributed by atoms with E-state index >= 15 is 0 Å². The predicted octanol–water partition coefficient (Wildman–Crippen LogP) is 3.46. The summed E-state index contributed by atoms with van der Waals surface area (Å²) in [6, 6.07) is 9.58. The molecule has 1 heterocycles. The van der Waals surface area contributed by atoms with Crippen molar-refractivity contribution in [3.05, 3.63) is 52.3 Å². The molecule has 2 aromatic rings. The normalized spacial score (nSPS) is 10.3. The molecule has 0 saturated heterocycles. The van der Waals surface area contributed by atoms with Gasteiger partial charge in [0.15, 0.2) is 0 Å². The highest BCUT2D eigenvalue weighted by Crippen LogP contribution is 2.23. The monoisotopic (exact) mass is 355 g/mol. The maximum atomic E-state index is 12.6. The van der Waals surface area contributed by atoms with Gasteiger partial charge in [0.1, 0.15) is 0 Å². The number of aromatic nitrogens is 1. The third kappa shape index (κ3) is 4.28. The molecule has 1 aromatic carbocycles. The van der Waals surface area contributed by atoms with Crippen LogP contribution in [-0.4, -0.2) is 42.6 Å². The molecule has 23 heavy (non-hydrogen) atoms. The number of aryl methyl sites for hydroxylation is 1. The molecule has 0 aliphatic rings. The van der Waals surface area contributed by atoms with Crippen LogP contribution in [0.3, 0.4) is 0 Å². The highest BCUT2D eigenvalue weighted by molar-refractivity contribution is 6.30. The third-order valence-electron chi connectivity index (χ3n) is 3.79. The molecule has 0 bridgehead atoms. The van der Waals surface area contributed by atoms with E-state index in [1.807, 2.05) is 58.3 Å². The lowest BCUT2D eigenvalue weighted by atomic mass is 10.2. The molecule has 0 unspecified atom stereocenters. The van der Waals surface area contributed by atoms with Crippen molar-refractivity contribution in [2.45, 2.75) is 13.8 Å². The fourth-order valence-corrected chi connectivity index (χ4v) is 2.68. The molecule has 2 rings (SSSR count). The first-order valence-electron chi connectivity index (χ1n) is 7.30. The van der Waals surface area contributed by atoms with Crippen LogP contribution >= 0.6 is 24.0 Å². The largest absolute Gasteiger partial charge is 0.340 e. The van der Waals surface area contributed by atoms with Gasteiger partial charge in [-0.3, -0.25) is 4.79 Å². The Bertz CT molecular complexity index is 665. The first-order valence-corrected chi connectivity index (χ1v) is 7.68. The summed E-state index contributed by atoms with van der Waals surface area (Å²) in [6.07, 6.45) is 0. The van der Waals surface area contributed by atoms with E-state index < -0.39 is 0 Å². The topological polar surface area (TPSA) is 37.3 Å². The number of hydrogen-bond donors (Lipinski definition) is 1. The summed E-state index contributed by atoms with van der Waals surface area (Å²) in [4.78, 5) is 14.3. The molecule has 0 aliphatic heterocycles. The number of hydrogen-bond acceptors (Lipinski definition) is 2. The number of likely N-dealkylation sites (N-methyl/N-ethyl adjacent to an activating group) is 2. The summed E-state index contributed by atoms with van der Waals surface area (Å²) in [6.45, 7) is 5.44. The summed E-state index contributed by atoms with van der Waals surface area (Å²) in [7, 11) is 3.71. The molecule has 126 valence electrons. The van der Waals surface area contributed by atoms with Gasteiger partial charge in [-0.2, -0.15) is 0 Å². The van der Waals surface area contributed by atoms with E-state index in [0.29, 0.717) is 11.6 Å². The first-order chi connectivity index (χ1) is 10.5. The summed E-state index contributed by atoms with van der Waals surface area (Å²) in [5.41, 5.74) is 3.73. The smallest absolute Gasteiger partial charge is 0.255 e. The minimum Gasteiger partial charge on any atom is -0.340 e. The SMILES string of the molecule is CNCCN(C)C(=O)c1cc(C)n(-c2ccc(Cl)cc2)c1C.Cl. The van der Waals surface area contributed by atoms with Crippen LogP contribution in [0.4, 0.5) is 0 Å². The van der Waals surface area contributed by atoms with Crippen LogP contribution < -0.4 is 5.32 Å². The predicted molar refractivity (Wildman–Crippen MR) is 98.4 cm³/mol. The number of nitrogens with one attached hydrogen (secondary N) is 1. The van der Waals surface area contributed by atoms with Crippen molar-refractivity contribution in [3.63, 3.8) is 0 Å². The van der Waals surface area contributed by atoms with Crippen molar-refractivity contribution in [2.75, 3.05) is 27.2 Å². The Morgan fingerprint density at radius 2 is 1.87 bits per heavy atom. The molecule has 0 radical (unpaired) electrons. The van der Waals surface area contributed by atoms with Gasteiger partial charge in [-0.05, 0) is 51.2 Å². The summed E-state index contributed by atoms with van der Waals surface area (Å²) in [5.74, 6) is 0.0450. The lowest BCUT2D eigenvalue weighted by Crippen LogP contribution is -2.33. The van der Waals surface area contributed by atoms with Crippen molar-refractivity contribution >= 4 is 29.9 Å². The van der Waals surface area contributed by atoms with E-state index in [4.69, 9.17) is 11.6 Å². The van der Waals surface area contributed by atoms with Crippen LogP contribution in [0.15, 0.2) is 30.3 Å². The number of rotatable bonds is 5. The standard InChI is InChI=1S/C17H22ClN3O.ClH/c1-12-11-16(17(22)20(4)10-9-19-3)13(2)21(12)15-7-5-14(18)6-8-15;/h5-8,11,19H,9-10H2,1-4H3;1H. The highest BCUT2D eigenvalue weighted by Gasteiger charge is 2.19. The van der Waals surface area contributed by atoms with E-state index in [0.717, 1.165) is 29.2 Å². The molecule has 0 fully saturated rings. The van der Waals surface area contributed by atoms with Gasteiger partial charge < -0.3 is 14.8 Å². The Balaban J connectivity index is 0.00000264. The Morgan fingerprint density at radius 3 is 2.43 bits per heavy atom. The van der Waals surface area contributed by atoms with Crippen molar-refractivity contribution in [2.24, 2.45) is 0 Å². The number of carbonyl (C=O) groups excluding carboxylic acids is 1. The minimum atomic E-state index is 0. The van der Waals surface area contributed by atoms with Crippen LogP contribution in [0.25, 0.3) is 5.69 Å². The van der Waals surface area contributed by atoms with Gasteiger partial charge in [0.05, 0.1) is 5.56 Å². The van der Waals surface area contributed by atoms with Crippen LogP contribution in [0.2, 0.25) is 5.02 Å². The average molecular weight is 356 g/mol. The fourth-order valence-electron chi connectivity index (χ4n) is 2.55. The molecule has 1 aromatic heterocycles. The molecule has 1 N–H and O–H groups in total. The van der Waals surface area contributed by atoms with Crippen molar-refractivity contribution in [3.8, 4) is 5.69 Å². The Kier molecular flexibility index (Phi) is 7.13. The van der Waals surface area contributed by atoms with Crippen LogP contribution in [-0.2, 0) is 0 Å². The molecule has 1 amide bonds. The second kappa shape index (κ2) is 8.39. The molecule has 0 atom stereocenters. The minimum absolute atomic E-state index is 0. The molecule has 6 heteroatoms. The molecule has 0 aliphatic carbocycles. The van der Waals surface area contributed by atoms with Gasteiger partial charge in [-0.25, -0.2) is 0 Å². The van der Waals surface area contributed by atoms with Crippen molar-refractivity contribution in [1.29, 1.82) is 0 Å². The number of halogens is 2. The molecule has 4 nitrogen and oxygen atoms in total. The van der Waals surface area contributed by atoms with Crippen molar-refractivity contribution in [1.82, 2.24) is 14.8 Å². The number of carbonyl (C=O) groups is 1. The van der Waals surface area contributed by atoms with Crippen molar-refractivity contribution < 1.29 is 4.79 Å². The van der Waals surface area contributed by atoms with E-state index in [9.17, 15) is 4.79 Å². The summed E-state index contributed by atoms with van der Waals surface area (Å²) < 4.78 is 2.08. The van der Waals surface area contributed by atoms with Crippen LogP contribution in [0, 0.1) is 13.8 Å². The quantitative estimate of drug-likeness (QED) is 0.891. The lowest BCUT2D eigenvalue weighted by molar-refractivity contribution is 0.0796. The Hall–Kier alpha value is -1.49. The van der Waals surface area contributed by atoms with Crippen LogP contribution in [0.5, 0.6) is 0 Å². The molecular formula is C17H23Cl2N3O. The van der Waals surface area contributed by atoms with Gasteiger partial charge in [-0.15, -0.1) is 12.4 Å². The van der Waals surface area contributed by atoms with E-state index in [-0.39, 0.29) is 18.3 Å². The molecular weight excluding hydrogens is 333 g/mol. The van der Waals surface area contributed by atoms with Gasteiger partial charge in [0.2, 0.25) is 0 Å². The summed E-state index contributed by atoms with van der Waals surface area (Å²) in [5, 5.41) is 3.76. The number of nitrogens with zero attached hydrogens (tertiary/aromatic N) is 2. The second-order valence-corrected chi connectivity index (χ2v) is 5.86. The van der Waals surface area contributed by atoms with E-state index in [2.05, 4.69) is 9.88 Å². The maximum Gasteiger partial charge on any atom is 0.255 e. The number of amides is 1. The summed E-state index contributed by atoms with van der Waals surface area (Å²) >= 11 is 5.95. The Morgan fingerprint density at radius 1 is 1.26 bits per heavy atom. The van der Waals surface area contributed by atoms with Gasteiger partial charge >= 0.3 is 0 Å². The number of benzene rings is 1. The highest BCUT2D eigenvalue weighted by atomic mass is 35.5. The fraction of sp³-hybridized carbons (Fsp3) is 0.353. The van der Waals surface area contributed by atoms with Crippen LogP contribution in [0.1, 0.15) is 21.7 Å². The van der Waals surface area contributed by atoms with Gasteiger partial charge in [0.25, 0.3) is 5.91 Å². The van der Waals surface area contributed by atoms with Gasteiger partial charge in [0, 0.05) is 42.2 Å². The zero-order valence-electron chi connectivity index (χ0n) is 13.9. The zero-order chi connectivity index (χ0) is 16.3. The zero-order valence-corrected chi connectivity index (χ0v) is 15.5. The lowest BCUT2D eigenvalue weighted by Gasteiger charge is -2.17. The first kappa shape index (κ1) is 19.6. The second-order valence-electron chi connectivity index (χ2n) is 5.43. The Labute approximate surface area is 148 Å². The third-order valence-corrected chi connectivity index (χ3v) is 4.04. The van der Waals surface area contributed by atoms with E-state index in [1.54, 1.807) is 4.90 Å². The average Bonchev–Trinajstić information content (AvgIpc) is 2.80. The van der Waals surface area contributed by atoms with E-state index in [1.165, 1.54) is 0 Å².